The highest BCUT2D eigenvalue weighted by Crippen LogP contribution is 2.29. The first-order valence-corrected chi connectivity index (χ1v) is 8.79. The molecule has 6 heteroatoms. The molecule has 5 nitrogen and oxygen atoms in total. The molecule has 3 rings (SSSR count). The Bertz CT molecular complexity index is 754. The van der Waals surface area contributed by atoms with E-state index in [1.807, 2.05) is 4.68 Å². The van der Waals surface area contributed by atoms with Crippen LogP contribution in [0.3, 0.4) is 0 Å². The first-order valence-electron chi connectivity index (χ1n) is 8.79. The van der Waals surface area contributed by atoms with Gasteiger partial charge in [-0.05, 0) is 51.3 Å². The Kier molecular flexibility index (Phi) is 6.62. The number of hydrogen-bond donors (Lipinski definition) is 2. The molecular formula is C19H27ClN4O. The quantitative estimate of drug-likeness (QED) is 0.777. The summed E-state index contributed by atoms with van der Waals surface area (Å²) < 4.78 is 1.98. The van der Waals surface area contributed by atoms with Gasteiger partial charge in [0.25, 0.3) is 5.91 Å². The van der Waals surface area contributed by atoms with Crippen LogP contribution >= 0.6 is 12.4 Å². The van der Waals surface area contributed by atoms with E-state index in [-0.39, 0.29) is 18.3 Å². The van der Waals surface area contributed by atoms with Gasteiger partial charge in [-0.15, -0.1) is 12.4 Å². The lowest BCUT2D eigenvalue weighted by molar-refractivity contribution is 0.0947. The van der Waals surface area contributed by atoms with Gasteiger partial charge in [0.15, 0.2) is 5.69 Å². The van der Waals surface area contributed by atoms with Crippen LogP contribution in [0.25, 0.3) is 5.69 Å². The number of nitrogens with one attached hydrogen (secondary N) is 2. The predicted octanol–water partition coefficient (Wildman–Crippen LogP) is 2.74. The molecule has 0 unspecified atom stereocenters. The van der Waals surface area contributed by atoms with E-state index in [2.05, 4.69) is 54.7 Å². The molecule has 0 radical (unpaired) electrons. The zero-order valence-electron chi connectivity index (χ0n) is 15.2. The predicted molar refractivity (Wildman–Crippen MR) is 103 cm³/mol. The van der Waals surface area contributed by atoms with Crippen molar-refractivity contribution in [3.05, 3.63) is 46.3 Å². The van der Waals surface area contributed by atoms with Crippen molar-refractivity contribution in [1.82, 2.24) is 20.4 Å². The topological polar surface area (TPSA) is 58.9 Å². The molecule has 1 heterocycles. The zero-order valence-corrected chi connectivity index (χ0v) is 16.0. The maximum absolute atomic E-state index is 12.5. The summed E-state index contributed by atoms with van der Waals surface area (Å²) in [4.78, 5) is 12.5. The first-order chi connectivity index (χ1) is 11.6. The van der Waals surface area contributed by atoms with Gasteiger partial charge in [0.2, 0.25) is 0 Å². The third-order valence-electron chi connectivity index (χ3n) is 4.56. The summed E-state index contributed by atoms with van der Waals surface area (Å²) in [5.74, 6) is -0.0606. The van der Waals surface area contributed by atoms with E-state index in [1.165, 1.54) is 16.8 Å². The van der Waals surface area contributed by atoms with E-state index in [0.717, 1.165) is 43.6 Å². The van der Waals surface area contributed by atoms with Crippen LogP contribution in [0, 0.1) is 13.8 Å². The fourth-order valence-corrected chi connectivity index (χ4v) is 3.39. The smallest absolute Gasteiger partial charge is 0.272 e. The Morgan fingerprint density at radius 1 is 1.24 bits per heavy atom. The second kappa shape index (κ2) is 8.50. The van der Waals surface area contributed by atoms with E-state index in [9.17, 15) is 4.79 Å². The normalized spacial score (nSPS) is 12.6. The Morgan fingerprint density at radius 2 is 2.04 bits per heavy atom. The van der Waals surface area contributed by atoms with E-state index < -0.39 is 0 Å². The number of likely N-dealkylation sites (N-methyl/N-ethyl adjacent to an activating group) is 1. The number of benzene rings is 1. The van der Waals surface area contributed by atoms with Crippen molar-refractivity contribution in [1.29, 1.82) is 0 Å². The SMILES string of the molecule is CCNCCNC(=O)c1nn(-c2ccc(C)cc2C)c2c1CCC2.Cl. The number of carbonyl (C=O) groups excluding carboxylic acids is 1. The highest BCUT2D eigenvalue weighted by molar-refractivity contribution is 5.94. The molecule has 136 valence electrons. The van der Waals surface area contributed by atoms with E-state index in [1.54, 1.807) is 0 Å². The van der Waals surface area contributed by atoms with Crippen LogP contribution < -0.4 is 10.6 Å². The lowest BCUT2D eigenvalue weighted by atomic mass is 10.1. The molecule has 1 aromatic carbocycles. The molecule has 0 saturated carbocycles. The number of aromatic nitrogens is 2. The molecule has 1 aromatic heterocycles. The summed E-state index contributed by atoms with van der Waals surface area (Å²) in [6.45, 7) is 8.56. The van der Waals surface area contributed by atoms with Gasteiger partial charge in [-0.1, -0.05) is 24.6 Å². The number of rotatable bonds is 6. The van der Waals surface area contributed by atoms with Crippen LogP contribution in [0.4, 0.5) is 0 Å². The molecule has 2 N–H and O–H groups in total. The summed E-state index contributed by atoms with van der Waals surface area (Å²) in [6.07, 6.45) is 3.02. The fraction of sp³-hybridized carbons (Fsp3) is 0.474. The van der Waals surface area contributed by atoms with Crippen molar-refractivity contribution < 1.29 is 4.79 Å². The van der Waals surface area contributed by atoms with Crippen LogP contribution in [0.5, 0.6) is 0 Å². The van der Waals surface area contributed by atoms with Crippen LogP contribution in [-0.2, 0) is 12.8 Å². The second-order valence-electron chi connectivity index (χ2n) is 6.44. The van der Waals surface area contributed by atoms with Crippen LogP contribution in [-0.4, -0.2) is 35.3 Å². The molecule has 1 amide bonds. The van der Waals surface area contributed by atoms with Crippen molar-refractivity contribution in [2.75, 3.05) is 19.6 Å². The first kappa shape index (κ1) is 19.5. The molecule has 0 spiro atoms. The average Bonchev–Trinajstić information content (AvgIpc) is 3.14. The molecule has 1 aliphatic carbocycles. The number of halogens is 1. The van der Waals surface area contributed by atoms with Gasteiger partial charge < -0.3 is 10.6 Å². The molecule has 0 aliphatic heterocycles. The van der Waals surface area contributed by atoms with Crippen LogP contribution in [0.1, 0.15) is 46.2 Å². The van der Waals surface area contributed by atoms with Crippen molar-refractivity contribution >= 4 is 18.3 Å². The van der Waals surface area contributed by atoms with E-state index in [4.69, 9.17) is 0 Å². The number of aryl methyl sites for hydroxylation is 2. The number of fused-ring (bicyclic) bond motifs is 1. The monoisotopic (exact) mass is 362 g/mol. The summed E-state index contributed by atoms with van der Waals surface area (Å²) >= 11 is 0. The molecular weight excluding hydrogens is 336 g/mol. The molecule has 0 bridgehead atoms. The number of hydrogen-bond acceptors (Lipinski definition) is 3. The fourth-order valence-electron chi connectivity index (χ4n) is 3.39. The molecule has 25 heavy (non-hydrogen) atoms. The number of carbonyl (C=O) groups is 1. The van der Waals surface area contributed by atoms with Gasteiger partial charge in [-0.3, -0.25) is 4.79 Å². The Balaban J connectivity index is 0.00000225. The molecule has 1 aliphatic rings. The Hall–Kier alpha value is -1.85. The van der Waals surface area contributed by atoms with E-state index >= 15 is 0 Å². The minimum atomic E-state index is -0.0606. The third-order valence-corrected chi connectivity index (χ3v) is 4.56. The zero-order chi connectivity index (χ0) is 17.1. The lowest BCUT2D eigenvalue weighted by Crippen LogP contribution is -2.32. The molecule has 0 atom stereocenters. The minimum Gasteiger partial charge on any atom is -0.349 e. The van der Waals surface area contributed by atoms with Crippen molar-refractivity contribution in [2.24, 2.45) is 0 Å². The second-order valence-corrected chi connectivity index (χ2v) is 6.44. The average molecular weight is 363 g/mol. The summed E-state index contributed by atoms with van der Waals surface area (Å²) in [5, 5.41) is 10.9. The van der Waals surface area contributed by atoms with Crippen LogP contribution in [0.2, 0.25) is 0 Å². The van der Waals surface area contributed by atoms with Gasteiger partial charge in [0, 0.05) is 24.3 Å². The van der Waals surface area contributed by atoms with Crippen LogP contribution in [0.15, 0.2) is 18.2 Å². The van der Waals surface area contributed by atoms with Gasteiger partial charge in [0.1, 0.15) is 0 Å². The summed E-state index contributed by atoms with van der Waals surface area (Å²) in [6, 6.07) is 6.36. The Morgan fingerprint density at radius 3 is 2.76 bits per heavy atom. The largest absolute Gasteiger partial charge is 0.349 e. The van der Waals surface area contributed by atoms with Crippen molar-refractivity contribution in [3.63, 3.8) is 0 Å². The number of nitrogens with zero attached hydrogens (tertiary/aromatic N) is 2. The molecule has 0 fully saturated rings. The van der Waals surface area contributed by atoms with Gasteiger partial charge in [0.05, 0.1) is 5.69 Å². The van der Waals surface area contributed by atoms with Gasteiger partial charge in [-0.2, -0.15) is 5.10 Å². The van der Waals surface area contributed by atoms with E-state index in [0.29, 0.717) is 12.2 Å². The number of amides is 1. The summed E-state index contributed by atoms with van der Waals surface area (Å²) in [5.41, 5.74) is 6.41. The minimum absolute atomic E-state index is 0. The molecule has 0 saturated heterocycles. The molecule has 2 aromatic rings. The third kappa shape index (κ3) is 4.05. The van der Waals surface area contributed by atoms with Gasteiger partial charge >= 0.3 is 0 Å². The Labute approximate surface area is 155 Å². The standard InChI is InChI=1S/C19H26N4O.ClH/c1-4-20-10-11-21-19(24)18-15-6-5-7-17(15)23(22-18)16-9-8-13(2)12-14(16)3;/h8-9,12,20H,4-7,10-11H2,1-3H3,(H,21,24);1H. The summed E-state index contributed by atoms with van der Waals surface area (Å²) in [7, 11) is 0. The maximum atomic E-state index is 12.5. The van der Waals surface area contributed by atoms with Crippen molar-refractivity contribution in [2.45, 2.75) is 40.0 Å². The van der Waals surface area contributed by atoms with Gasteiger partial charge in [-0.25, -0.2) is 4.68 Å². The highest BCUT2D eigenvalue weighted by Gasteiger charge is 2.27. The maximum Gasteiger partial charge on any atom is 0.272 e. The lowest BCUT2D eigenvalue weighted by Gasteiger charge is -2.10. The van der Waals surface area contributed by atoms with Crippen molar-refractivity contribution in [3.8, 4) is 5.69 Å². The highest BCUT2D eigenvalue weighted by atomic mass is 35.5.